The van der Waals surface area contributed by atoms with Crippen LogP contribution in [-0.2, 0) is 10.9 Å². The SMILES string of the molecule is O=[SH](=O)Nc1ccon1. The van der Waals surface area contributed by atoms with E-state index < -0.39 is 10.9 Å². The molecule has 0 saturated carbocycles. The fourth-order valence-corrected chi connectivity index (χ4v) is 0.666. The Morgan fingerprint density at radius 1 is 1.67 bits per heavy atom. The number of anilines is 1. The smallest absolute Gasteiger partial charge is 0.223 e. The Labute approximate surface area is 52.7 Å². The number of hydrogen-bond donors (Lipinski definition) is 2. The largest absolute Gasteiger partial charge is 0.363 e. The summed E-state index contributed by atoms with van der Waals surface area (Å²) < 4.78 is 26.2. The van der Waals surface area contributed by atoms with Crippen molar-refractivity contribution < 1.29 is 12.9 Å². The first-order chi connectivity index (χ1) is 4.29. The Morgan fingerprint density at radius 3 is 2.89 bits per heavy atom. The highest BCUT2D eigenvalue weighted by Gasteiger charge is 1.91. The molecule has 0 aromatic carbocycles. The van der Waals surface area contributed by atoms with Gasteiger partial charge in [-0.05, 0) is 0 Å². The molecule has 1 rings (SSSR count). The molecule has 1 aromatic rings. The average molecular weight is 148 g/mol. The molecule has 5 nitrogen and oxygen atoms in total. The summed E-state index contributed by atoms with van der Waals surface area (Å²) in [7, 11) is -2.62. The second kappa shape index (κ2) is 2.49. The van der Waals surface area contributed by atoms with Crippen molar-refractivity contribution in [3.63, 3.8) is 0 Å². The lowest BCUT2D eigenvalue weighted by atomic mass is 10.7. The van der Waals surface area contributed by atoms with Crippen LogP contribution in [0, 0.1) is 0 Å². The van der Waals surface area contributed by atoms with Crippen molar-refractivity contribution in [2.75, 3.05) is 4.72 Å². The molecule has 0 aliphatic rings. The van der Waals surface area contributed by atoms with Crippen molar-refractivity contribution in [1.82, 2.24) is 5.16 Å². The molecule has 6 heteroatoms. The molecule has 0 fully saturated rings. The van der Waals surface area contributed by atoms with Crippen molar-refractivity contribution in [2.24, 2.45) is 0 Å². The second-order valence-corrected chi connectivity index (χ2v) is 1.99. The summed E-state index contributed by atoms with van der Waals surface area (Å²) in [5.74, 6) is 0.200. The van der Waals surface area contributed by atoms with Crippen LogP contribution in [0.2, 0.25) is 0 Å². The van der Waals surface area contributed by atoms with E-state index in [4.69, 9.17) is 0 Å². The summed E-state index contributed by atoms with van der Waals surface area (Å²) in [6.07, 6.45) is 1.28. The molecule has 1 N–H and O–H groups in total. The van der Waals surface area contributed by atoms with Gasteiger partial charge in [0, 0.05) is 6.07 Å². The topological polar surface area (TPSA) is 72.2 Å². The first-order valence-corrected chi connectivity index (χ1v) is 3.28. The normalized spacial score (nSPS) is 9.89. The first kappa shape index (κ1) is 6.09. The van der Waals surface area contributed by atoms with Crippen LogP contribution in [0.1, 0.15) is 0 Å². The Bertz CT molecular complexity index is 232. The monoisotopic (exact) mass is 148 g/mol. The van der Waals surface area contributed by atoms with E-state index in [0.29, 0.717) is 0 Å². The summed E-state index contributed by atoms with van der Waals surface area (Å²) in [4.78, 5) is 0. The van der Waals surface area contributed by atoms with Crippen LogP contribution in [0.4, 0.5) is 5.82 Å². The van der Waals surface area contributed by atoms with Crippen molar-refractivity contribution in [3.8, 4) is 0 Å². The summed E-state index contributed by atoms with van der Waals surface area (Å²) in [5, 5.41) is 3.29. The van der Waals surface area contributed by atoms with Gasteiger partial charge in [0.05, 0.1) is 0 Å². The minimum atomic E-state index is -2.62. The van der Waals surface area contributed by atoms with Gasteiger partial charge in [-0.15, -0.1) is 0 Å². The molecular formula is C3H4N2O3S. The summed E-state index contributed by atoms with van der Waals surface area (Å²) in [5.41, 5.74) is 0. The lowest BCUT2D eigenvalue weighted by Gasteiger charge is -1.83. The molecule has 0 atom stereocenters. The zero-order valence-corrected chi connectivity index (χ0v) is 5.17. The van der Waals surface area contributed by atoms with Crippen LogP contribution in [0.5, 0.6) is 0 Å². The number of thiol groups is 1. The van der Waals surface area contributed by atoms with Gasteiger partial charge in [-0.3, -0.25) is 4.72 Å². The molecule has 0 amide bonds. The fourth-order valence-electron chi connectivity index (χ4n) is 0.364. The van der Waals surface area contributed by atoms with Gasteiger partial charge in [-0.1, -0.05) is 5.16 Å². The van der Waals surface area contributed by atoms with Crippen LogP contribution < -0.4 is 4.72 Å². The summed E-state index contributed by atoms with van der Waals surface area (Å²) >= 11 is 0. The predicted molar refractivity (Wildman–Crippen MR) is 30.4 cm³/mol. The molecule has 0 bridgehead atoms. The van der Waals surface area contributed by atoms with Crippen LogP contribution in [0.3, 0.4) is 0 Å². The lowest BCUT2D eigenvalue weighted by Crippen LogP contribution is -1.93. The van der Waals surface area contributed by atoms with Crippen molar-refractivity contribution >= 4 is 16.7 Å². The van der Waals surface area contributed by atoms with Crippen LogP contribution in [0.15, 0.2) is 16.9 Å². The maximum atomic E-state index is 9.91. The Balaban J connectivity index is 2.68. The third kappa shape index (κ3) is 1.73. The van der Waals surface area contributed by atoms with E-state index in [1.165, 1.54) is 12.3 Å². The summed E-state index contributed by atoms with van der Waals surface area (Å²) in [6.45, 7) is 0. The van der Waals surface area contributed by atoms with Gasteiger partial charge in [-0.25, -0.2) is 8.42 Å². The number of aromatic nitrogens is 1. The summed E-state index contributed by atoms with van der Waals surface area (Å²) in [6, 6.07) is 1.41. The molecule has 0 unspecified atom stereocenters. The van der Waals surface area contributed by atoms with Gasteiger partial charge in [0.25, 0.3) is 0 Å². The molecule has 0 saturated heterocycles. The number of nitrogens with zero attached hydrogens (tertiary/aromatic N) is 1. The minimum absolute atomic E-state index is 0.200. The van der Waals surface area contributed by atoms with Crippen LogP contribution in [0.25, 0.3) is 0 Å². The molecular weight excluding hydrogens is 144 g/mol. The zero-order valence-electron chi connectivity index (χ0n) is 4.27. The number of nitrogens with one attached hydrogen (secondary N) is 1. The third-order valence-corrected chi connectivity index (χ3v) is 1.06. The second-order valence-electron chi connectivity index (χ2n) is 1.25. The molecule has 0 spiro atoms. The van der Waals surface area contributed by atoms with Gasteiger partial charge in [0.15, 0.2) is 5.82 Å². The Hall–Kier alpha value is -1.04. The molecule has 0 aliphatic carbocycles. The van der Waals surface area contributed by atoms with Gasteiger partial charge < -0.3 is 4.52 Å². The van der Waals surface area contributed by atoms with E-state index in [1.54, 1.807) is 0 Å². The molecule has 9 heavy (non-hydrogen) atoms. The molecule has 1 aromatic heterocycles. The van der Waals surface area contributed by atoms with E-state index >= 15 is 0 Å². The fraction of sp³-hybridized carbons (Fsp3) is 0. The van der Waals surface area contributed by atoms with Crippen LogP contribution >= 0.6 is 0 Å². The lowest BCUT2D eigenvalue weighted by molar-refractivity contribution is 0.423. The van der Waals surface area contributed by atoms with Crippen molar-refractivity contribution in [3.05, 3.63) is 12.3 Å². The highest BCUT2D eigenvalue weighted by Crippen LogP contribution is 1.98. The van der Waals surface area contributed by atoms with Crippen molar-refractivity contribution in [2.45, 2.75) is 0 Å². The van der Waals surface area contributed by atoms with E-state index in [2.05, 4.69) is 9.68 Å². The highest BCUT2D eigenvalue weighted by molar-refractivity contribution is 7.73. The van der Waals surface area contributed by atoms with E-state index in [-0.39, 0.29) is 5.82 Å². The zero-order chi connectivity index (χ0) is 6.69. The van der Waals surface area contributed by atoms with Gasteiger partial charge in [-0.2, -0.15) is 0 Å². The van der Waals surface area contributed by atoms with E-state index in [0.717, 1.165) is 0 Å². The predicted octanol–water partition coefficient (Wildman–Crippen LogP) is -0.387. The number of rotatable bonds is 2. The Morgan fingerprint density at radius 2 is 2.44 bits per heavy atom. The van der Waals surface area contributed by atoms with Gasteiger partial charge in [0.1, 0.15) is 6.26 Å². The van der Waals surface area contributed by atoms with E-state index in [9.17, 15) is 8.42 Å². The maximum Gasteiger partial charge on any atom is 0.223 e. The standard InChI is InChI=1S/C3H4N2O3S/c6-9(7)5-3-1-2-8-4-3/h1-2,9H,(H,4,5,6,7). The molecule has 1 heterocycles. The number of hydrogen-bond acceptors (Lipinski definition) is 4. The molecule has 0 aliphatic heterocycles. The maximum absolute atomic E-state index is 9.91. The van der Waals surface area contributed by atoms with Crippen molar-refractivity contribution in [1.29, 1.82) is 0 Å². The first-order valence-electron chi connectivity index (χ1n) is 2.10. The quantitative estimate of drug-likeness (QED) is 0.560. The molecule has 0 radical (unpaired) electrons. The van der Waals surface area contributed by atoms with E-state index in [1.807, 2.05) is 4.72 Å². The van der Waals surface area contributed by atoms with Crippen LogP contribution in [-0.4, -0.2) is 13.6 Å². The average Bonchev–Trinajstić information content (AvgIpc) is 2.15. The van der Waals surface area contributed by atoms with Gasteiger partial charge >= 0.3 is 0 Å². The minimum Gasteiger partial charge on any atom is -0.363 e. The highest BCUT2D eigenvalue weighted by atomic mass is 32.2. The van der Waals surface area contributed by atoms with Gasteiger partial charge in [0.2, 0.25) is 10.9 Å². The Kier molecular flexibility index (Phi) is 1.69. The third-order valence-electron chi connectivity index (χ3n) is 0.644. The molecule has 50 valence electrons.